The average Bonchev–Trinajstić information content (AvgIpc) is 2.45. The van der Waals surface area contributed by atoms with Gasteiger partial charge < -0.3 is 0 Å². The predicted octanol–water partition coefficient (Wildman–Crippen LogP) is 3.59. The second-order valence-corrected chi connectivity index (χ2v) is 5.07. The fourth-order valence-corrected chi connectivity index (χ4v) is 2.30. The number of hydrogen-bond donors (Lipinski definition) is 2. The van der Waals surface area contributed by atoms with Crippen LogP contribution in [-0.4, -0.2) is 15.9 Å². The summed E-state index contributed by atoms with van der Waals surface area (Å²) in [6, 6.07) is 3.03. The van der Waals surface area contributed by atoms with Crippen molar-refractivity contribution in [3.63, 3.8) is 0 Å². The van der Waals surface area contributed by atoms with E-state index in [4.69, 9.17) is 34.8 Å². The second kappa shape index (κ2) is 7.26. The lowest BCUT2D eigenvalue weighted by Gasteiger charge is -2.10. The number of benzene rings is 1. The number of hydrogen-bond acceptors (Lipinski definition) is 4. The molecular weight excluding hydrogens is 335 g/mol. The molecule has 1 amide bonds. The molecule has 5 nitrogen and oxygen atoms in total. The molecule has 2 rings (SSSR count). The second-order valence-electron chi connectivity index (χ2n) is 3.82. The Morgan fingerprint density at radius 2 is 1.86 bits per heavy atom. The summed E-state index contributed by atoms with van der Waals surface area (Å²) in [6.45, 7) is 0. The first-order valence-electron chi connectivity index (χ1n) is 5.71. The van der Waals surface area contributed by atoms with Crippen LogP contribution >= 0.6 is 34.8 Å². The highest BCUT2D eigenvalue weighted by Crippen LogP contribution is 2.32. The number of hydrazine groups is 1. The quantitative estimate of drug-likeness (QED) is 0.657. The van der Waals surface area contributed by atoms with Gasteiger partial charge in [-0.3, -0.25) is 25.6 Å². The minimum absolute atomic E-state index is 0.297. The van der Waals surface area contributed by atoms with Crippen LogP contribution in [0.1, 0.15) is 5.69 Å². The molecule has 0 saturated heterocycles. The standard InChI is InChI=1S/C13H9Cl3N4O/c14-8-5-10(15)13(11(16)6-8)20-19-12(21)2-1-9-7-17-3-4-18-9/h1-7,20H,(H,19,21)/b2-1+. The molecule has 1 heterocycles. The third-order valence-corrected chi connectivity index (χ3v) is 3.12. The molecule has 0 saturated carbocycles. The molecule has 8 heteroatoms. The van der Waals surface area contributed by atoms with Crippen LogP contribution in [0.5, 0.6) is 0 Å². The Labute approximate surface area is 135 Å². The summed E-state index contributed by atoms with van der Waals surface area (Å²) in [6.07, 6.45) is 7.43. The Bertz CT molecular complexity index is 653. The van der Waals surface area contributed by atoms with Gasteiger partial charge in [-0.05, 0) is 18.2 Å². The molecule has 1 aromatic heterocycles. The first-order chi connectivity index (χ1) is 10.1. The molecule has 21 heavy (non-hydrogen) atoms. The van der Waals surface area contributed by atoms with Gasteiger partial charge in [0.15, 0.2) is 0 Å². The highest BCUT2D eigenvalue weighted by molar-refractivity contribution is 6.41. The van der Waals surface area contributed by atoms with Gasteiger partial charge >= 0.3 is 0 Å². The van der Waals surface area contributed by atoms with Crippen LogP contribution in [0, 0.1) is 0 Å². The molecule has 0 fully saturated rings. The molecule has 0 aliphatic rings. The zero-order valence-electron chi connectivity index (χ0n) is 10.5. The van der Waals surface area contributed by atoms with Gasteiger partial charge in [-0.15, -0.1) is 0 Å². The minimum atomic E-state index is -0.400. The smallest absolute Gasteiger partial charge is 0.262 e. The maximum atomic E-state index is 11.7. The van der Waals surface area contributed by atoms with Crippen LogP contribution in [0.15, 0.2) is 36.8 Å². The van der Waals surface area contributed by atoms with Gasteiger partial charge in [0.25, 0.3) is 5.91 Å². The van der Waals surface area contributed by atoms with Crippen LogP contribution in [0.2, 0.25) is 15.1 Å². The van der Waals surface area contributed by atoms with Gasteiger partial charge in [0.1, 0.15) is 0 Å². The Hall–Kier alpha value is -1.82. The molecule has 108 valence electrons. The van der Waals surface area contributed by atoms with E-state index in [1.807, 2.05) is 0 Å². The van der Waals surface area contributed by atoms with Crippen molar-refractivity contribution in [3.8, 4) is 0 Å². The summed E-state index contributed by atoms with van der Waals surface area (Å²) in [4.78, 5) is 19.5. The third-order valence-electron chi connectivity index (χ3n) is 2.31. The Morgan fingerprint density at radius 3 is 2.48 bits per heavy atom. The highest BCUT2D eigenvalue weighted by Gasteiger charge is 2.08. The molecule has 0 radical (unpaired) electrons. The SMILES string of the molecule is O=C(/C=C/c1cnccn1)NNc1c(Cl)cc(Cl)cc1Cl. The third kappa shape index (κ3) is 4.60. The number of carbonyl (C=O) groups is 1. The number of amides is 1. The molecule has 0 unspecified atom stereocenters. The van der Waals surface area contributed by atoms with Gasteiger partial charge in [-0.1, -0.05) is 34.8 Å². The zero-order valence-corrected chi connectivity index (χ0v) is 12.7. The van der Waals surface area contributed by atoms with E-state index in [1.165, 1.54) is 36.7 Å². The Balaban J connectivity index is 1.97. The van der Waals surface area contributed by atoms with Crippen molar-refractivity contribution >= 4 is 52.5 Å². The number of aromatic nitrogens is 2. The summed E-state index contributed by atoms with van der Waals surface area (Å²) in [5.74, 6) is -0.400. The summed E-state index contributed by atoms with van der Waals surface area (Å²) in [7, 11) is 0. The van der Waals surface area contributed by atoms with Gasteiger partial charge in [0.2, 0.25) is 0 Å². The molecule has 0 atom stereocenters. The molecule has 2 N–H and O–H groups in total. The van der Waals surface area contributed by atoms with Crippen molar-refractivity contribution in [2.75, 3.05) is 5.43 Å². The van der Waals surface area contributed by atoms with E-state index in [2.05, 4.69) is 20.8 Å². The predicted molar refractivity (Wildman–Crippen MR) is 84.3 cm³/mol. The van der Waals surface area contributed by atoms with E-state index in [9.17, 15) is 4.79 Å². The van der Waals surface area contributed by atoms with Crippen LogP contribution in [0.25, 0.3) is 6.08 Å². The van der Waals surface area contributed by atoms with Gasteiger partial charge in [-0.2, -0.15) is 0 Å². The Kier molecular flexibility index (Phi) is 5.38. The first-order valence-corrected chi connectivity index (χ1v) is 6.84. The molecular formula is C13H9Cl3N4O. The summed E-state index contributed by atoms with van der Waals surface area (Å²) >= 11 is 17.7. The lowest BCUT2D eigenvalue weighted by molar-refractivity contribution is -0.115. The minimum Gasteiger partial charge on any atom is -0.295 e. The van der Waals surface area contributed by atoms with E-state index in [-0.39, 0.29) is 0 Å². The topological polar surface area (TPSA) is 66.9 Å². The van der Waals surface area contributed by atoms with Crippen molar-refractivity contribution in [2.24, 2.45) is 0 Å². The molecule has 0 spiro atoms. The normalized spacial score (nSPS) is 10.6. The summed E-state index contributed by atoms with van der Waals surface area (Å²) in [5, 5.41) is 1.00. The largest absolute Gasteiger partial charge is 0.295 e. The molecule has 0 bridgehead atoms. The van der Waals surface area contributed by atoms with Gasteiger partial charge in [0, 0.05) is 23.5 Å². The van der Waals surface area contributed by atoms with Crippen LogP contribution in [-0.2, 0) is 4.79 Å². The van der Waals surface area contributed by atoms with Crippen molar-refractivity contribution < 1.29 is 4.79 Å². The van der Waals surface area contributed by atoms with E-state index >= 15 is 0 Å². The fraction of sp³-hybridized carbons (Fsp3) is 0. The van der Waals surface area contributed by atoms with E-state index in [0.717, 1.165) is 0 Å². The van der Waals surface area contributed by atoms with E-state index in [1.54, 1.807) is 6.20 Å². The number of carbonyl (C=O) groups excluding carboxylic acids is 1. The number of anilines is 1. The molecule has 2 aromatic rings. The first kappa shape index (κ1) is 15.6. The lowest BCUT2D eigenvalue weighted by Crippen LogP contribution is -2.27. The van der Waals surface area contributed by atoms with Crippen molar-refractivity contribution in [3.05, 3.63) is 57.6 Å². The highest BCUT2D eigenvalue weighted by atomic mass is 35.5. The van der Waals surface area contributed by atoms with E-state index in [0.29, 0.717) is 26.4 Å². The van der Waals surface area contributed by atoms with Crippen LogP contribution in [0.3, 0.4) is 0 Å². The van der Waals surface area contributed by atoms with E-state index < -0.39 is 5.91 Å². The zero-order chi connectivity index (χ0) is 15.2. The van der Waals surface area contributed by atoms with Crippen molar-refractivity contribution in [1.29, 1.82) is 0 Å². The van der Waals surface area contributed by atoms with Gasteiger partial charge in [-0.25, -0.2) is 0 Å². The Morgan fingerprint density at radius 1 is 1.14 bits per heavy atom. The monoisotopic (exact) mass is 342 g/mol. The molecule has 0 aliphatic heterocycles. The molecule has 0 aliphatic carbocycles. The van der Waals surface area contributed by atoms with Crippen LogP contribution in [0.4, 0.5) is 5.69 Å². The lowest BCUT2D eigenvalue weighted by atomic mass is 10.3. The van der Waals surface area contributed by atoms with Gasteiger partial charge in [0.05, 0.1) is 27.6 Å². The summed E-state index contributed by atoms with van der Waals surface area (Å²) < 4.78 is 0. The maximum absolute atomic E-state index is 11.7. The summed E-state index contributed by atoms with van der Waals surface area (Å²) in [5.41, 5.74) is 6.00. The number of rotatable bonds is 4. The van der Waals surface area contributed by atoms with Crippen LogP contribution < -0.4 is 10.9 Å². The number of nitrogens with one attached hydrogen (secondary N) is 2. The number of halogens is 3. The fourth-order valence-electron chi connectivity index (χ4n) is 1.39. The van der Waals surface area contributed by atoms with Crippen molar-refractivity contribution in [2.45, 2.75) is 0 Å². The maximum Gasteiger partial charge on any atom is 0.262 e. The average molecular weight is 344 g/mol. The molecule has 1 aromatic carbocycles. The van der Waals surface area contributed by atoms with Crippen molar-refractivity contribution in [1.82, 2.24) is 15.4 Å². The number of nitrogens with zero attached hydrogens (tertiary/aromatic N) is 2.